The van der Waals surface area contributed by atoms with Gasteiger partial charge in [0.15, 0.2) is 0 Å². The highest BCUT2D eigenvalue weighted by molar-refractivity contribution is 8.00. The number of carbonyl (C=O) groups excluding carboxylic acids is 3. The number of benzene rings is 3. The van der Waals surface area contributed by atoms with Crippen molar-refractivity contribution in [3.63, 3.8) is 0 Å². The highest BCUT2D eigenvalue weighted by Gasteiger charge is 2.57. The first-order valence-electron chi connectivity index (χ1n) is 12.8. The minimum absolute atomic E-state index is 0.211. The first kappa shape index (κ1) is 30.7. The van der Waals surface area contributed by atoms with Crippen LogP contribution in [0.5, 0.6) is 0 Å². The highest BCUT2D eigenvalue weighted by atomic mass is 35.5. The SMILES string of the molecule is O=C(Cn1c2c(sc1=O)[C@H](c1ccc(Cl)cc1)C1C(=O)N(c3ccccc3C(F)(F)F)C(=O)C1S2)Nc1ccc(Cl)c(Cl)c1. The van der Waals surface area contributed by atoms with Crippen molar-refractivity contribution in [1.82, 2.24) is 4.57 Å². The van der Waals surface area contributed by atoms with Crippen molar-refractivity contribution in [3.05, 3.63) is 107 Å². The zero-order chi connectivity index (χ0) is 31.5. The monoisotopic (exact) mass is 697 g/mol. The van der Waals surface area contributed by atoms with Gasteiger partial charge in [-0.25, -0.2) is 4.90 Å². The molecule has 3 aromatic carbocycles. The number of alkyl halides is 3. The van der Waals surface area contributed by atoms with Crippen LogP contribution in [0, 0.1) is 5.92 Å². The Hall–Kier alpha value is -3.29. The van der Waals surface area contributed by atoms with Crippen LogP contribution >= 0.6 is 57.9 Å². The number of fused-ring (bicyclic) bond motifs is 2. The quantitative estimate of drug-likeness (QED) is 0.221. The van der Waals surface area contributed by atoms with Gasteiger partial charge in [-0.3, -0.25) is 23.7 Å². The number of amides is 3. The molecular formula is C29H17Cl3F3N3O4S2. The van der Waals surface area contributed by atoms with Crippen LogP contribution in [0.1, 0.15) is 21.9 Å². The molecule has 1 aromatic heterocycles. The first-order chi connectivity index (χ1) is 20.8. The average Bonchev–Trinajstić information content (AvgIpc) is 3.41. The van der Waals surface area contributed by atoms with E-state index in [9.17, 15) is 32.3 Å². The summed E-state index contributed by atoms with van der Waals surface area (Å²) in [6, 6.07) is 15.3. The van der Waals surface area contributed by atoms with Crippen molar-refractivity contribution in [2.75, 3.05) is 10.2 Å². The lowest BCUT2D eigenvalue weighted by atomic mass is 9.83. The van der Waals surface area contributed by atoms with Crippen LogP contribution in [0.2, 0.25) is 15.1 Å². The van der Waals surface area contributed by atoms with Gasteiger partial charge in [0.25, 0.3) is 0 Å². The fraction of sp³-hybridized carbons (Fsp3) is 0.172. The molecule has 2 unspecified atom stereocenters. The number of nitrogens with one attached hydrogen (secondary N) is 1. The van der Waals surface area contributed by atoms with Gasteiger partial charge in [-0.2, -0.15) is 13.2 Å². The lowest BCUT2D eigenvalue weighted by Crippen LogP contribution is -2.33. The minimum Gasteiger partial charge on any atom is -0.324 e. The lowest BCUT2D eigenvalue weighted by molar-refractivity contribution is -0.137. The van der Waals surface area contributed by atoms with E-state index >= 15 is 0 Å². The van der Waals surface area contributed by atoms with Gasteiger partial charge in [-0.1, -0.05) is 82.2 Å². The third-order valence-corrected chi connectivity index (χ3v) is 10.8. The molecular weight excluding hydrogens is 682 g/mol. The maximum Gasteiger partial charge on any atom is 0.418 e. The molecule has 0 aliphatic carbocycles. The fourth-order valence-corrected chi connectivity index (χ4v) is 8.55. The molecule has 15 heteroatoms. The topological polar surface area (TPSA) is 88.5 Å². The molecule has 0 bridgehead atoms. The molecule has 226 valence electrons. The number of imide groups is 1. The molecule has 1 fully saturated rings. The number of halogens is 6. The molecule has 3 heterocycles. The second-order valence-corrected chi connectivity index (χ2v) is 13.3. The molecule has 6 rings (SSSR count). The number of anilines is 2. The predicted octanol–water partition coefficient (Wildman–Crippen LogP) is 7.32. The number of rotatable bonds is 5. The summed E-state index contributed by atoms with van der Waals surface area (Å²) >= 11 is 19.8. The van der Waals surface area contributed by atoms with Crippen LogP contribution in [-0.2, 0) is 27.1 Å². The summed E-state index contributed by atoms with van der Waals surface area (Å²) in [6.45, 7) is -0.439. The molecule has 1 saturated heterocycles. The number of carbonyl (C=O) groups is 3. The van der Waals surface area contributed by atoms with E-state index in [-0.39, 0.29) is 15.1 Å². The minimum atomic E-state index is -4.83. The summed E-state index contributed by atoms with van der Waals surface area (Å²) in [5.41, 5.74) is -0.823. The largest absolute Gasteiger partial charge is 0.418 e. The number of para-hydroxylation sites is 1. The summed E-state index contributed by atoms with van der Waals surface area (Å²) in [5.74, 6) is -4.24. The summed E-state index contributed by atoms with van der Waals surface area (Å²) in [6.07, 6.45) is -4.83. The van der Waals surface area contributed by atoms with Crippen LogP contribution in [0.4, 0.5) is 24.5 Å². The number of nitrogens with zero attached hydrogens (tertiary/aromatic N) is 2. The van der Waals surface area contributed by atoms with E-state index in [1.165, 1.54) is 34.9 Å². The van der Waals surface area contributed by atoms with Gasteiger partial charge in [0, 0.05) is 21.5 Å². The zero-order valence-corrected chi connectivity index (χ0v) is 25.8. The van der Waals surface area contributed by atoms with Crippen LogP contribution in [-0.4, -0.2) is 27.5 Å². The molecule has 1 N–H and O–H groups in total. The summed E-state index contributed by atoms with van der Waals surface area (Å²) < 4.78 is 43.0. The van der Waals surface area contributed by atoms with Gasteiger partial charge >= 0.3 is 11.0 Å². The van der Waals surface area contributed by atoms with E-state index < -0.39 is 63.7 Å². The average molecular weight is 699 g/mol. The van der Waals surface area contributed by atoms with Crippen LogP contribution in [0.15, 0.2) is 76.6 Å². The number of hydrogen-bond donors (Lipinski definition) is 1. The standard InChI is InChI=1S/C29H17Cl3F3N3O4S2/c30-14-7-5-13(6-8-14)21-22-23(26(41)38(25(22)40)19-4-2-1-3-16(19)29(33,34)35)43-27-24(21)44-28(42)37(27)12-20(39)36-15-9-10-17(31)18(32)11-15/h1-11,21-23H,12H2,(H,36,39)/t21-,22?,23?/m1/s1. The molecule has 4 aromatic rings. The summed E-state index contributed by atoms with van der Waals surface area (Å²) in [7, 11) is 0. The number of hydrogen-bond acceptors (Lipinski definition) is 6. The smallest absolute Gasteiger partial charge is 0.324 e. The Balaban J connectivity index is 1.42. The first-order valence-corrected chi connectivity index (χ1v) is 15.6. The predicted molar refractivity (Wildman–Crippen MR) is 164 cm³/mol. The van der Waals surface area contributed by atoms with E-state index in [2.05, 4.69) is 5.32 Å². The maximum absolute atomic E-state index is 13.9. The van der Waals surface area contributed by atoms with Gasteiger partial charge < -0.3 is 5.32 Å². The lowest BCUT2D eigenvalue weighted by Gasteiger charge is -2.30. The van der Waals surface area contributed by atoms with E-state index in [1.54, 1.807) is 24.3 Å². The van der Waals surface area contributed by atoms with Crippen molar-refractivity contribution in [2.24, 2.45) is 5.92 Å². The molecule has 3 amide bonds. The van der Waals surface area contributed by atoms with E-state index in [0.717, 1.165) is 35.2 Å². The Morgan fingerprint density at radius 1 is 0.909 bits per heavy atom. The van der Waals surface area contributed by atoms with E-state index in [4.69, 9.17) is 34.8 Å². The number of aromatic nitrogens is 1. The molecule has 0 spiro atoms. The van der Waals surface area contributed by atoms with Gasteiger partial charge in [-0.05, 0) is 48.0 Å². The van der Waals surface area contributed by atoms with Crippen molar-refractivity contribution in [2.45, 2.75) is 28.9 Å². The molecule has 3 atom stereocenters. The Morgan fingerprint density at radius 3 is 2.30 bits per heavy atom. The maximum atomic E-state index is 13.9. The van der Waals surface area contributed by atoms with Gasteiger partial charge in [0.05, 0.1) is 32.2 Å². The summed E-state index contributed by atoms with van der Waals surface area (Å²) in [4.78, 5) is 54.5. The normalized spacial score (nSPS) is 19.6. The molecule has 0 saturated carbocycles. The third-order valence-electron chi connectivity index (χ3n) is 7.23. The third kappa shape index (κ3) is 5.43. The molecule has 7 nitrogen and oxygen atoms in total. The van der Waals surface area contributed by atoms with Gasteiger partial charge in [0.2, 0.25) is 17.7 Å². The van der Waals surface area contributed by atoms with Crippen LogP contribution in [0.25, 0.3) is 0 Å². The van der Waals surface area contributed by atoms with Crippen LogP contribution in [0.3, 0.4) is 0 Å². The Labute approximate surface area is 270 Å². The van der Waals surface area contributed by atoms with Crippen molar-refractivity contribution < 1.29 is 27.6 Å². The van der Waals surface area contributed by atoms with E-state index in [1.807, 2.05) is 0 Å². The fourth-order valence-electron chi connectivity index (χ4n) is 5.35. The van der Waals surface area contributed by atoms with E-state index in [0.29, 0.717) is 26.1 Å². The summed E-state index contributed by atoms with van der Waals surface area (Å²) in [5, 5.41) is 2.65. The second kappa shape index (κ2) is 11.6. The van der Waals surface area contributed by atoms with Crippen molar-refractivity contribution >= 4 is 87.0 Å². The molecule has 2 aliphatic heterocycles. The Kier molecular flexibility index (Phi) is 8.08. The second-order valence-electron chi connectivity index (χ2n) is 9.92. The van der Waals surface area contributed by atoms with Gasteiger partial charge in [-0.15, -0.1) is 0 Å². The number of thioether (sulfide) groups is 1. The molecule has 44 heavy (non-hydrogen) atoms. The highest BCUT2D eigenvalue weighted by Crippen LogP contribution is 2.54. The molecule has 2 aliphatic rings. The molecule has 0 radical (unpaired) electrons. The van der Waals surface area contributed by atoms with Crippen molar-refractivity contribution in [1.29, 1.82) is 0 Å². The van der Waals surface area contributed by atoms with Crippen molar-refractivity contribution in [3.8, 4) is 0 Å². The Bertz CT molecular complexity index is 1900. The zero-order valence-electron chi connectivity index (χ0n) is 21.9. The van der Waals surface area contributed by atoms with Gasteiger partial charge in [0.1, 0.15) is 11.8 Å². The number of thiazole rings is 1. The Morgan fingerprint density at radius 2 is 1.61 bits per heavy atom. The van der Waals surface area contributed by atoms with Crippen LogP contribution < -0.4 is 15.1 Å².